The van der Waals surface area contributed by atoms with Crippen LogP contribution in [0.4, 0.5) is 5.69 Å². The van der Waals surface area contributed by atoms with Crippen LogP contribution in [0.3, 0.4) is 0 Å². The number of hydrogen-bond donors (Lipinski definition) is 1. The zero-order valence-corrected chi connectivity index (χ0v) is 16.8. The zero-order chi connectivity index (χ0) is 19.8. The first-order valence-corrected chi connectivity index (χ1v) is 9.50. The number of amides is 1. The molecule has 0 aliphatic rings. The van der Waals surface area contributed by atoms with Crippen LogP contribution in [0.5, 0.6) is 0 Å². The maximum Gasteiger partial charge on any atom is 0.274 e. The summed E-state index contributed by atoms with van der Waals surface area (Å²) in [6.45, 7) is 4.00. The summed E-state index contributed by atoms with van der Waals surface area (Å²) in [5.41, 5.74) is 5.43. The van der Waals surface area contributed by atoms with Crippen LogP contribution in [0.25, 0.3) is 16.9 Å². The van der Waals surface area contributed by atoms with Crippen molar-refractivity contribution in [3.63, 3.8) is 0 Å². The SMILES string of the molecule is Cc1ccc(-c2nc3ccc(C)cn3c2C(=O)Nc2ccc(Cl)c(Cl)c2)cc1. The summed E-state index contributed by atoms with van der Waals surface area (Å²) >= 11 is 12.1. The van der Waals surface area contributed by atoms with E-state index < -0.39 is 0 Å². The fourth-order valence-electron chi connectivity index (χ4n) is 3.04. The number of hydrogen-bond acceptors (Lipinski definition) is 2. The van der Waals surface area contributed by atoms with Gasteiger partial charge in [-0.2, -0.15) is 0 Å². The van der Waals surface area contributed by atoms with Gasteiger partial charge in [-0.25, -0.2) is 4.98 Å². The number of benzene rings is 2. The van der Waals surface area contributed by atoms with E-state index in [2.05, 4.69) is 5.32 Å². The molecule has 1 N–H and O–H groups in total. The lowest BCUT2D eigenvalue weighted by Gasteiger charge is -2.09. The summed E-state index contributed by atoms with van der Waals surface area (Å²) in [6, 6.07) is 16.8. The molecular formula is C22H17Cl2N3O. The summed E-state index contributed by atoms with van der Waals surface area (Å²) < 4.78 is 1.82. The third-order valence-corrected chi connectivity index (χ3v) is 5.22. The van der Waals surface area contributed by atoms with Crippen LogP contribution in [-0.4, -0.2) is 15.3 Å². The van der Waals surface area contributed by atoms with Crippen molar-refractivity contribution < 1.29 is 4.79 Å². The van der Waals surface area contributed by atoms with Crippen LogP contribution in [0, 0.1) is 13.8 Å². The van der Waals surface area contributed by atoms with Crippen molar-refractivity contribution in [1.82, 2.24) is 9.38 Å². The fourth-order valence-corrected chi connectivity index (χ4v) is 3.34. The molecule has 2 heterocycles. The van der Waals surface area contributed by atoms with Crippen molar-refractivity contribution in [3.05, 3.63) is 87.7 Å². The number of fused-ring (bicyclic) bond motifs is 1. The summed E-state index contributed by atoms with van der Waals surface area (Å²) in [5.74, 6) is -0.271. The first kappa shape index (κ1) is 18.5. The van der Waals surface area contributed by atoms with E-state index in [0.29, 0.717) is 32.8 Å². The highest BCUT2D eigenvalue weighted by Crippen LogP contribution is 2.28. The number of pyridine rings is 1. The highest BCUT2D eigenvalue weighted by molar-refractivity contribution is 6.42. The molecule has 0 aliphatic carbocycles. The number of halogens is 2. The minimum Gasteiger partial charge on any atom is -0.321 e. The number of carbonyl (C=O) groups excluding carboxylic acids is 1. The standard InChI is InChI=1S/C22H17Cl2N3O/c1-13-3-6-15(7-4-13)20-21(27-12-14(2)5-10-19(27)26-20)22(28)25-16-8-9-17(23)18(24)11-16/h3-12H,1-2H3,(H,25,28). The van der Waals surface area contributed by atoms with Gasteiger partial charge in [0.2, 0.25) is 0 Å². The minimum absolute atomic E-state index is 0.271. The largest absolute Gasteiger partial charge is 0.321 e. The van der Waals surface area contributed by atoms with Crippen molar-refractivity contribution in [2.75, 3.05) is 5.32 Å². The second kappa shape index (κ2) is 7.30. The Labute approximate surface area is 172 Å². The van der Waals surface area contributed by atoms with E-state index in [9.17, 15) is 4.79 Å². The Morgan fingerprint density at radius 3 is 2.36 bits per heavy atom. The van der Waals surface area contributed by atoms with Gasteiger partial charge in [0, 0.05) is 17.4 Å². The average Bonchev–Trinajstić information content (AvgIpc) is 3.04. The lowest BCUT2D eigenvalue weighted by Crippen LogP contribution is -2.15. The number of carbonyl (C=O) groups is 1. The van der Waals surface area contributed by atoms with E-state index in [1.807, 2.05) is 60.8 Å². The van der Waals surface area contributed by atoms with Gasteiger partial charge in [-0.05, 0) is 43.7 Å². The molecule has 0 bridgehead atoms. The van der Waals surface area contributed by atoms with E-state index in [1.165, 1.54) is 0 Å². The van der Waals surface area contributed by atoms with Crippen LogP contribution in [0.1, 0.15) is 21.6 Å². The van der Waals surface area contributed by atoms with Gasteiger partial charge in [-0.15, -0.1) is 0 Å². The van der Waals surface area contributed by atoms with Crippen molar-refractivity contribution in [1.29, 1.82) is 0 Å². The maximum absolute atomic E-state index is 13.2. The highest BCUT2D eigenvalue weighted by Gasteiger charge is 2.21. The Hall–Kier alpha value is -2.82. The smallest absolute Gasteiger partial charge is 0.274 e. The van der Waals surface area contributed by atoms with Gasteiger partial charge in [-0.1, -0.05) is 59.1 Å². The first-order valence-electron chi connectivity index (χ1n) is 8.74. The molecule has 0 spiro atoms. The second-order valence-electron chi connectivity index (χ2n) is 6.69. The normalized spacial score (nSPS) is 11.0. The molecule has 4 rings (SSSR count). The molecule has 0 aliphatic heterocycles. The monoisotopic (exact) mass is 409 g/mol. The zero-order valence-electron chi connectivity index (χ0n) is 15.3. The molecule has 0 saturated heterocycles. The fraction of sp³-hybridized carbons (Fsp3) is 0.0909. The number of imidazole rings is 1. The highest BCUT2D eigenvalue weighted by atomic mass is 35.5. The molecule has 4 nitrogen and oxygen atoms in total. The minimum atomic E-state index is -0.271. The van der Waals surface area contributed by atoms with Gasteiger partial charge in [0.15, 0.2) is 0 Å². The molecule has 0 fully saturated rings. The third kappa shape index (κ3) is 3.49. The Bertz CT molecular complexity index is 1200. The number of nitrogens with one attached hydrogen (secondary N) is 1. The second-order valence-corrected chi connectivity index (χ2v) is 7.51. The van der Waals surface area contributed by atoms with Crippen LogP contribution in [0.2, 0.25) is 10.0 Å². The Morgan fingerprint density at radius 2 is 1.64 bits per heavy atom. The lowest BCUT2D eigenvalue weighted by atomic mass is 10.1. The van der Waals surface area contributed by atoms with Gasteiger partial charge >= 0.3 is 0 Å². The third-order valence-electron chi connectivity index (χ3n) is 4.48. The molecule has 0 unspecified atom stereocenters. The molecule has 2 aromatic carbocycles. The molecule has 140 valence electrons. The molecule has 0 radical (unpaired) electrons. The van der Waals surface area contributed by atoms with E-state index in [4.69, 9.17) is 28.2 Å². The van der Waals surface area contributed by atoms with Crippen molar-refractivity contribution in [3.8, 4) is 11.3 Å². The first-order chi connectivity index (χ1) is 13.4. The summed E-state index contributed by atoms with van der Waals surface area (Å²) in [7, 11) is 0. The van der Waals surface area contributed by atoms with Crippen molar-refractivity contribution in [2.24, 2.45) is 0 Å². The van der Waals surface area contributed by atoms with Gasteiger partial charge < -0.3 is 5.32 Å². The topological polar surface area (TPSA) is 46.4 Å². The lowest BCUT2D eigenvalue weighted by molar-refractivity contribution is 0.102. The summed E-state index contributed by atoms with van der Waals surface area (Å²) in [4.78, 5) is 17.9. The van der Waals surface area contributed by atoms with E-state index in [0.717, 1.165) is 16.7 Å². The Balaban J connectivity index is 1.84. The molecule has 6 heteroatoms. The Kier molecular flexibility index (Phi) is 4.84. The van der Waals surface area contributed by atoms with Crippen LogP contribution >= 0.6 is 23.2 Å². The van der Waals surface area contributed by atoms with Gasteiger partial charge in [0.25, 0.3) is 5.91 Å². The molecule has 1 amide bonds. The van der Waals surface area contributed by atoms with Gasteiger partial charge in [0.05, 0.1) is 10.0 Å². The number of aryl methyl sites for hydroxylation is 2. The summed E-state index contributed by atoms with van der Waals surface area (Å²) in [5, 5.41) is 3.72. The molecule has 4 aromatic rings. The van der Waals surface area contributed by atoms with E-state index >= 15 is 0 Å². The van der Waals surface area contributed by atoms with Crippen LogP contribution in [0.15, 0.2) is 60.8 Å². The quantitative estimate of drug-likeness (QED) is 0.439. The predicted octanol–water partition coefficient (Wildman–Crippen LogP) is 6.18. The van der Waals surface area contributed by atoms with Gasteiger partial charge in [0.1, 0.15) is 17.0 Å². The number of anilines is 1. The molecule has 28 heavy (non-hydrogen) atoms. The van der Waals surface area contributed by atoms with Crippen LogP contribution < -0.4 is 5.32 Å². The van der Waals surface area contributed by atoms with Crippen LogP contribution in [-0.2, 0) is 0 Å². The number of rotatable bonds is 3. The molecular weight excluding hydrogens is 393 g/mol. The summed E-state index contributed by atoms with van der Waals surface area (Å²) in [6.07, 6.45) is 1.91. The maximum atomic E-state index is 13.2. The average molecular weight is 410 g/mol. The van der Waals surface area contributed by atoms with Gasteiger partial charge in [-0.3, -0.25) is 9.20 Å². The van der Waals surface area contributed by atoms with Crippen molar-refractivity contribution >= 4 is 40.4 Å². The molecule has 0 atom stereocenters. The number of nitrogens with zero attached hydrogens (tertiary/aromatic N) is 2. The predicted molar refractivity (Wildman–Crippen MR) is 115 cm³/mol. The van der Waals surface area contributed by atoms with E-state index in [1.54, 1.807) is 18.2 Å². The Morgan fingerprint density at radius 1 is 0.929 bits per heavy atom. The van der Waals surface area contributed by atoms with E-state index in [-0.39, 0.29) is 5.91 Å². The number of aromatic nitrogens is 2. The molecule has 2 aromatic heterocycles. The van der Waals surface area contributed by atoms with Crippen molar-refractivity contribution in [2.45, 2.75) is 13.8 Å². The molecule has 0 saturated carbocycles.